The second-order valence-electron chi connectivity index (χ2n) is 6.01. The molecule has 0 aliphatic heterocycles. The fraction of sp³-hybridized carbons (Fsp3) is 0.263. The number of carbonyl (C=O) groups excluding carboxylic acids is 1. The zero-order valence-corrected chi connectivity index (χ0v) is 15.0. The summed E-state index contributed by atoms with van der Waals surface area (Å²) in [4.78, 5) is 12.3. The molecule has 1 N–H and O–H groups in total. The number of hydrogen-bond acceptors (Lipinski definition) is 3. The summed E-state index contributed by atoms with van der Waals surface area (Å²) in [7, 11) is 0. The van der Waals surface area contributed by atoms with Crippen LogP contribution in [0.5, 0.6) is 0 Å². The van der Waals surface area contributed by atoms with Crippen molar-refractivity contribution in [2.45, 2.75) is 32.7 Å². The molecule has 130 valence electrons. The minimum atomic E-state index is -0.277. The first-order valence-corrected chi connectivity index (χ1v) is 8.61. The number of rotatable bonds is 6. The van der Waals surface area contributed by atoms with Crippen molar-refractivity contribution >= 4 is 23.2 Å². The standard InChI is InChI=1S/C19H20ClN3O2/c1-3-13(2)14-4-6-16(7-5-14)22-19(24)18-9-8-17(25-18)12-23-11-15(20)10-21-23/h4-11,13H,3,12H2,1-2H3,(H,22,24). The molecule has 0 saturated heterocycles. The maximum atomic E-state index is 12.3. The Bertz CT molecular complexity index is 852. The fourth-order valence-corrected chi connectivity index (χ4v) is 2.65. The highest BCUT2D eigenvalue weighted by atomic mass is 35.5. The average molecular weight is 358 g/mol. The highest BCUT2D eigenvalue weighted by molar-refractivity contribution is 6.30. The number of anilines is 1. The summed E-state index contributed by atoms with van der Waals surface area (Å²) < 4.78 is 7.24. The molecule has 0 bridgehead atoms. The molecule has 0 saturated carbocycles. The first-order chi connectivity index (χ1) is 12.0. The second-order valence-corrected chi connectivity index (χ2v) is 6.44. The average Bonchev–Trinajstić information content (AvgIpc) is 3.24. The van der Waals surface area contributed by atoms with Gasteiger partial charge in [0.25, 0.3) is 5.91 Å². The Labute approximate surface area is 151 Å². The van der Waals surface area contributed by atoms with Gasteiger partial charge in [0.05, 0.1) is 17.8 Å². The third kappa shape index (κ3) is 4.31. The molecule has 0 aliphatic carbocycles. The molecule has 0 radical (unpaired) electrons. The predicted molar refractivity (Wildman–Crippen MR) is 98.1 cm³/mol. The van der Waals surface area contributed by atoms with E-state index in [4.69, 9.17) is 16.0 Å². The Morgan fingerprint density at radius 1 is 1.28 bits per heavy atom. The van der Waals surface area contributed by atoms with Gasteiger partial charge in [-0.25, -0.2) is 0 Å². The summed E-state index contributed by atoms with van der Waals surface area (Å²) >= 11 is 5.83. The van der Waals surface area contributed by atoms with Gasteiger partial charge in [-0.15, -0.1) is 0 Å². The summed E-state index contributed by atoms with van der Waals surface area (Å²) in [6.07, 6.45) is 4.34. The fourth-order valence-electron chi connectivity index (χ4n) is 2.49. The number of nitrogens with zero attached hydrogens (tertiary/aromatic N) is 2. The van der Waals surface area contributed by atoms with Crippen molar-refractivity contribution in [2.24, 2.45) is 0 Å². The van der Waals surface area contributed by atoms with E-state index in [2.05, 4.69) is 24.3 Å². The number of benzene rings is 1. The lowest BCUT2D eigenvalue weighted by molar-refractivity contribution is 0.0994. The number of halogens is 1. The van der Waals surface area contributed by atoms with Gasteiger partial charge in [-0.1, -0.05) is 37.6 Å². The molecule has 1 amide bonds. The Morgan fingerprint density at radius 3 is 2.68 bits per heavy atom. The number of aromatic nitrogens is 2. The first-order valence-electron chi connectivity index (χ1n) is 8.23. The molecular weight excluding hydrogens is 338 g/mol. The van der Waals surface area contributed by atoms with E-state index in [1.54, 1.807) is 29.2 Å². The number of carbonyl (C=O) groups is 1. The van der Waals surface area contributed by atoms with Crippen molar-refractivity contribution in [3.63, 3.8) is 0 Å². The van der Waals surface area contributed by atoms with Crippen LogP contribution in [0.15, 0.2) is 53.2 Å². The van der Waals surface area contributed by atoms with Gasteiger partial charge in [0.2, 0.25) is 0 Å². The second kappa shape index (κ2) is 7.57. The molecule has 2 aromatic heterocycles. The Hall–Kier alpha value is -2.53. The van der Waals surface area contributed by atoms with Crippen molar-refractivity contribution in [3.8, 4) is 0 Å². The van der Waals surface area contributed by atoms with Gasteiger partial charge in [0.15, 0.2) is 5.76 Å². The third-order valence-corrected chi connectivity index (χ3v) is 4.35. The van der Waals surface area contributed by atoms with Crippen LogP contribution < -0.4 is 5.32 Å². The number of hydrogen-bond donors (Lipinski definition) is 1. The van der Waals surface area contributed by atoms with E-state index < -0.39 is 0 Å². The molecular formula is C19H20ClN3O2. The van der Waals surface area contributed by atoms with Crippen LogP contribution in [0.2, 0.25) is 5.02 Å². The molecule has 1 aromatic carbocycles. The predicted octanol–water partition coefficient (Wildman–Crippen LogP) is 4.94. The Balaban J connectivity index is 1.63. The molecule has 1 unspecified atom stereocenters. The quantitative estimate of drug-likeness (QED) is 0.679. The first kappa shape index (κ1) is 17.3. The maximum absolute atomic E-state index is 12.3. The number of furan rings is 1. The summed E-state index contributed by atoms with van der Waals surface area (Å²) in [5, 5.41) is 7.49. The van der Waals surface area contributed by atoms with Crippen molar-refractivity contribution in [2.75, 3.05) is 5.32 Å². The number of nitrogens with one attached hydrogen (secondary N) is 1. The Kier molecular flexibility index (Phi) is 5.24. The van der Waals surface area contributed by atoms with Crippen LogP contribution in [0.4, 0.5) is 5.69 Å². The van der Waals surface area contributed by atoms with Crippen LogP contribution >= 0.6 is 11.6 Å². The maximum Gasteiger partial charge on any atom is 0.291 e. The largest absolute Gasteiger partial charge is 0.454 e. The molecule has 5 nitrogen and oxygen atoms in total. The molecule has 25 heavy (non-hydrogen) atoms. The zero-order chi connectivity index (χ0) is 17.8. The highest BCUT2D eigenvalue weighted by Gasteiger charge is 2.12. The smallest absolute Gasteiger partial charge is 0.291 e. The molecule has 2 heterocycles. The number of amides is 1. The minimum Gasteiger partial charge on any atom is -0.454 e. The van der Waals surface area contributed by atoms with E-state index in [0.29, 0.717) is 23.2 Å². The van der Waals surface area contributed by atoms with Crippen molar-refractivity contribution in [1.82, 2.24) is 9.78 Å². The van der Waals surface area contributed by atoms with E-state index >= 15 is 0 Å². The monoisotopic (exact) mass is 357 g/mol. The molecule has 1 atom stereocenters. The SMILES string of the molecule is CCC(C)c1ccc(NC(=O)c2ccc(Cn3cc(Cl)cn3)o2)cc1. The van der Waals surface area contributed by atoms with Gasteiger partial charge in [-0.3, -0.25) is 9.48 Å². The lowest BCUT2D eigenvalue weighted by atomic mass is 9.99. The van der Waals surface area contributed by atoms with Gasteiger partial charge in [0, 0.05) is 11.9 Å². The van der Waals surface area contributed by atoms with Gasteiger partial charge in [-0.2, -0.15) is 5.10 Å². The minimum absolute atomic E-state index is 0.263. The molecule has 3 rings (SSSR count). The van der Waals surface area contributed by atoms with E-state index in [0.717, 1.165) is 12.1 Å². The zero-order valence-electron chi connectivity index (χ0n) is 14.2. The van der Waals surface area contributed by atoms with Crippen LogP contribution in [0.25, 0.3) is 0 Å². The van der Waals surface area contributed by atoms with E-state index in [1.165, 1.54) is 5.56 Å². The Morgan fingerprint density at radius 2 is 2.04 bits per heavy atom. The molecule has 0 spiro atoms. The molecule has 0 fully saturated rings. The van der Waals surface area contributed by atoms with E-state index in [9.17, 15) is 4.79 Å². The van der Waals surface area contributed by atoms with Crippen molar-refractivity contribution < 1.29 is 9.21 Å². The molecule has 3 aromatic rings. The lowest BCUT2D eigenvalue weighted by Crippen LogP contribution is -2.11. The van der Waals surface area contributed by atoms with Crippen LogP contribution in [0.1, 0.15) is 48.1 Å². The summed E-state index contributed by atoms with van der Waals surface area (Å²) in [6.45, 7) is 4.76. The highest BCUT2D eigenvalue weighted by Crippen LogP contribution is 2.21. The third-order valence-electron chi connectivity index (χ3n) is 4.15. The molecule has 6 heteroatoms. The lowest BCUT2D eigenvalue weighted by Gasteiger charge is -2.10. The van der Waals surface area contributed by atoms with Gasteiger partial charge >= 0.3 is 0 Å². The van der Waals surface area contributed by atoms with Crippen LogP contribution in [0.3, 0.4) is 0 Å². The van der Waals surface area contributed by atoms with Crippen molar-refractivity contribution in [3.05, 3.63) is 70.9 Å². The van der Waals surface area contributed by atoms with Crippen LogP contribution in [-0.2, 0) is 6.54 Å². The normalized spacial score (nSPS) is 12.1. The van der Waals surface area contributed by atoms with Gasteiger partial charge in [0.1, 0.15) is 5.76 Å². The summed E-state index contributed by atoms with van der Waals surface area (Å²) in [5.74, 6) is 1.13. The van der Waals surface area contributed by atoms with Crippen LogP contribution in [-0.4, -0.2) is 15.7 Å². The van der Waals surface area contributed by atoms with E-state index in [1.807, 2.05) is 24.3 Å². The van der Waals surface area contributed by atoms with Gasteiger partial charge in [-0.05, 0) is 42.2 Å². The van der Waals surface area contributed by atoms with Crippen molar-refractivity contribution in [1.29, 1.82) is 0 Å². The van der Waals surface area contributed by atoms with Gasteiger partial charge < -0.3 is 9.73 Å². The summed E-state index contributed by atoms with van der Waals surface area (Å²) in [6, 6.07) is 11.3. The summed E-state index contributed by atoms with van der Waals surface area (Å²) in [5.41, 5.74) is 2.01. The topological polar surface area (TPSA) is 60.1 Å². The van der Waals surface area contributed by atoms with Crippen LogP contribution in [0, 0.1) is 0 Å². The van der Waals surface area contributed by atoms with E-state index in [-0.39, 0.29) is 11.7 Å². The molecule has 0 aliphatic rings.